The van der Waals surface area contributed by atoms with Crippen molar-refractivity contribution in [3.05, 3.63) is 215 Å². The fourth-order valence-corrected chi connectivity index (χ4v) is 9.58. The smallest absolute Gasteiger partial charge is 0.250 e. The van der Waals surface area contributed by atoms with E-state index in [1.807, 2.05) is 137 Å². The van der Waals surface area contributed by atoms with Crippen molar-refractivity contribution in [3.63, 3.8) is 0 Å². The molecule has 6 heterocycles. The fraction of sp³-hybridized carbons (Fsp3) is 0.207. The van der Waals surface area contributed by atoms with E-state index in [0.29, 0.717) is 18.9 Å². The van der Waals surface area contributed by atoms with Crippen LogP contribution in [0.2, 0.25) is 0 Å². The number of aromatic amines is 2. The van der Waals surface area contributed by atoms with Gasteiger partial charge in [-0.05, 0) is 96.0 Å². The van der Waals surface area contributed by atoms with Gasteiger partial charge in [0.1, 0.15) is 17.9 Å². The summed E-state index contributed by atoms with van der Waals surface area (Å²) in [6, 6.07) is 41.7. The summed E-state index contributed by atoms with van der Waals surface area (Å²) in [7, 11) is 0. The van der Waals surface area contributed by atoms with Crippen LogP contribution in [-0.2, 0) is 32.0 Å². The molecule has 14 heteroatoms. The van der Waals surface area contributed by atoms with Crippen LogP contribution >= 0.6 is 0 Å². The standard InChI is InChI=1S/C58H52N10O4/c69-52(33-41-11-7-29-59-36-41)63-54(45-13-3-1-4-14-45)57(71)67-31-9-17-50(67)48-35-47(65-66-48)43-25-21-39(22-26-43)19-20-40-23-27-44(28-24-40)49-38-61-56(62-49)51-18-10-32-68(51)58(72)55(46-15-5-2-6-16-46)64-53(70)34-42-12-8-30-60-37-42/h1-8,11-16,21-30,35-38,50-51,54-55H,9-10,17-18,31-34H2,(H,61,62)(H,63,69)(H,64,70)(H,65,66). The number of likely N-dealkylation sites (tertiary alicyclic amines) is 2. The van der Waals surface area contributed by atoms with Gasteiger partial charge in [0.15, 0.2) is 0 Å². The summed E-state index contributed by atoms with van der Waals surface area (Å²) < 4.78 is 0. The summed E-state index contributed by atoms with van der Waals surface area (Å²) in [5.74, 6) is 6.41. The summed E-state index contributed by atoms with van der Waals surface area (Å²) >= 11 is 0. The Morgan fingerprint density at radius 3 is 1.64 bits per heavy atom. The van der Waals surface area contributed by atoms with Gasteiger partial charge in [-0.1, -0.05) is 109 Å². The van der Waals surface area contributed by atoms with E-state index in [9.17, 15) is 19.2 Å². The molecule has 0 saturated carbocycles. The van der Waals surface area contributed by atoms with Gasteiger partial charge in [0.25, 0.3) is 0 Å². The van der Waals surface area contributed by atoms with Gasteiger partial charge in [0.2, 0.25) is 23.6 Å². The highest BCUT2D eigenvalue weighted by Gasteiger charge is 2.38. The number of hydrogen-bond donors (Lipinski definition) is 4. The number of hydrogen-bond acceptors (Lipinski definition) is 8. The van der Waals surface area contributed by atoms with Crippen molar-refractivity contribution in [2.75, 3.05) is 13.1 Å². The van der Waals surface area contributed by atoms with Gasteiger partial charge >= 0.3 is 0 Å². The SMILES string of the molecule is O=C(Cc1cccnc1)NC(C(=O)N1CCCC1c1cc(-c2ccc(C#Cc3ccc(-c4cnc(C5CCCN5C(=O)C(NC(=O)Cc5cccnc5)c5ccccc5)[nH]4)cc3)cc2)n[nH]1)c1ccccc1. The largest absolute Gasteiger partial charge is 0.340 e. The molecule has 14 nitrogen and oxygen atoms in total. The van der Waals surface area contributed by atoms with Crippen LogP contribution in [0.25, 0.3) is 22.5 Å². The van der Waals surface area contributed by atoms with Crippen LogP contribution in [0.1, 0.15) is 94.7 Å². The number of carbonyl (C=O) groups excluding carboxylic acids is 4. The maximum Gasteiger partial charge on any atom is 0.250 e. The van der Waals surface area contributed by atoms with E-state index in [-0.39, 0.29) is 48.6 Å². The Kier molecular flexibility index (Phi) is 14.1. The van der Waals surface area contributed by atoms with Gasteiger partial charge in [0.05, 0.1) is 48.2 Å². The quantitative estimate of drug-likeness (QED) is 0.0788. The Labute approximate surface area is 417 Å². The zero-order chi connectivity index (χ0) is 49.2. The number of benzene rings is 4. The number of aromatic nitrogens is 6. The van der Waals surface area contributed by atoms with E-state index in [1.165, 1.54) is 0 Å². The Hall–Kier alpha value is -8.96. The molecular weight excluding hydrogens is 901 g/mol. The highest BCUT2D eigenvalue weighted by molar-refractivity contribution is 5.91. The number of carbonyl (C=O) groups is 4. The Bertz CT molecular complexity index is 2990. The molecule has 10 rings (SSSR count). The van der Waals surface area contributed by atoms with Gasteiger partial charge < -0.3 is 25.4 Å². The second-order valence-corrected chi connectivity index (χ2v) is 18.1. The Balaban J connectivity index is 0.767. The molecular formula is C58H52N10O4. The number of amides is 4. The van der Waals surface area contributed by atoms with E-state index in [1.54, 1.807) is 43.1 Å². The van der Waals surface area contributed by atoms with E-state index < -0.39 is 12.1 Å². The van der Waals surface area contributed by atoms with Gasteiger partial charge in [0, 0.05) is 54.6 Å². The topological polar surface area (TPSA) is 182 Å². The van der Waals surface area contributed by atoms with E-state index in [4.69, 9.17) is 4.98 Å². The number of nitrogens with zero attached hydrogens (tertiary/aromatic N) is 6. The molecule has 4 aromatic heterocycles. The first-order chi connectivity index (χ1) is 35.3. The summed E-state index contributed by atoms with van der Waals surface area (Å²) in [5.41, 5.74) is 8.96. The molecule has 4 unspecified atom stereocenters. The van der Waals surface area contributed by atoms with Crippen LogP contribution < -0.4 is 10.6 Å². The number of nitrogens with one attached hydrogen (secondary N) is 4. The van der Waals surface area contributed by atoms with Crippen molar-refractivity contribution in [2.45, 2.75) is 62.7 Å². The predicted octanol–water partition coefficient (Wildman–Crippen LogP) is 8.18. The molecule has 2 aliphatic rings. The lowest BCUT2D eigenvalue weighted by molar-refractivity contribution is -0.137. The Morgan fingerprint density at radius 2 is 1.11 bits per heavy atom. The summed E-state index contributed by atoms with van der Waals surface area (Å²) in [5, 5.41) is 13.8. The van der Waals surface area contributed by atoms with Crippen LogP contribution in [0, 0.1) is 11.8 Å². The van der Waals surface area contributed by atoms with Crippen molar-refractivity contribution in [1.82, 2.24) is 50.6 Å². The number of H-pyrrole nitrogens is 2. The first kappa shape index (κ1) is 46.8. The van der Waals surface area contributed by atoms with Gasteiger partial charge in [-0.15, -0.1) is 0 Å². The fourth-order valence-electron chi connectivity index (χ4n) is 9.58. The number of rotatable bonds is 14. The normalized spacial score (nSPS) is 16.1. The second-order valence-electron chi connectivity index (χ2n) is 18.1. The molecule has 4 atom stereocenters. The lowest BCUT2D eigenvalue weighted by atomic mass is 10.0. The number of imidazole rings is 1. The van der Waals surface area contributed by atoms with Gasteiger partial charge in [-0.2, -0.15) is 5.10 Å². The third kappa shape index (κ3) is 10.9. The molecule has 0 bridgehead atoms. The average Bonchev–Trinajstić information content (AvgIpc) is 4.29. The average molecular weight is 953 g/mol. The van der Waals surface area contributed by atoms with Crippen molar-refractivity contribution in [1.29, 1.82) is 0 Å². The zero-order valence-electron chi connectivity index (χ0n) is 39.4. The first-order valence-corrected chi connectivity index (χ1v) is 24.2. The van der Waals surface area contributed by atoms with Gasteiger partial charge in [-0.3, -0.25) is 34.2 Å². The van der Waals surface area contributed by atoms with E-state index >= 15 is 0 Å². The molecule has 0 spiro atoms. The van der Waals surface area contributed by atoms with Crippen LogP contribution in [0.4, 0.5) is 0 Å². The third-order valence-electron chi connectivity index (χ3n) is 13.2. The highest BCUT2D eigenvalue weighted by atomic mass is 16.2. The molecule has 358 valence electrons. The van der Waals surface area contributed by atoms with Crippen molar-refractivity contribution >= 4 is 23.6 Å². The molecule has 72 heavy (non-hydrogen) atoms. The lowest BCUT2D eigenvalue weighted by Gasteiger charge is -2.29. The maximum atomic E-state index is 14.3. The van der Waals surface area contributed by atoms with Crippen LogP contribution in [0.3, 0.4) is 0 Å². The van der Waals surface area contributed by atoms with Gasteiger partial charge in [-0.25, -0.2) is 4.98 Å². The summed E-state index contributed by atoms with van der Waals surface area (Å²) in [6.45, 7) is 1.12. The highest BCUT2D eigenvalue weighted by Crippen LogP contribution is 2.36. The molecule has 4 N–H and O–H groups in total. The molecule has 2 saturated heterocycles. The molecule has 4 aromatic carbocycles. The number of pyridine rings is 2. The second kappa shape index (κ2) is 21.8. The van der Waals surface area contributed by atoms with Crippen LogP contribution in [0.5, 0.6) is 0 Å². The predicted molar refractivity (Wildman–Crippen MR) is 272 cm³/mol. The first-order valence-electron chi connectivity index (χ1n) is 24.2. The van der Waals surface area contributed by atoms with Crippen LogP contribution in [0.15, 0.2) is 171 Å². The lowest BCUT2D eigenvalue weighted by Crippen LogP contribution is -2.43. The molecule has 2 aliphatic heterocycles. The maximum absolute atomic E-state index is 14.3. The zero-order valence-corrected chi connectivity index (χ0v) is 39.4. The molecule has 8 aromatic rings. The van der Waals surface area contributed by atoms with E-state index in [0.717, 1.165) is 87.3 Å². The van der Waals surface area contributed by atoms with Crippen molar-refractivity contribution in [2.24, 2.45) is 0 Å². The minimum atomic E-state index is -0.845. The molecule has 0 radical (unpaired) electrons. The minimum Gasteiger partial charge on any atom is -0.340 e. The van der Waals surface area contributed by atoms with Crippen molar-refractivity contribution in [3.8, 4) is 34.4 Å². The van der Waals surface area contributed by atoms with Crippen LogP contribution in [-0.4, -0.2) is 76.7 Å². The summed E-state index contributed by atoms with van der Waals surface area (Å²) in [4.78, 5) is 75.1. The van der Waals surface area contributed by atoms with Crippen molar-refractivity contribution < 1.29 is 19.2 Å². The monoisotopic (exact) mass is 952 g/mol. The minimum absolute atomic E-state index is 0.117. The summed E-state index contributed by atoms with van der Waals surface area (Å²) in [6.07, 6.45) is 11.8. The molecule has 0 aliphatic carbocycles. The molecule has 4 amide bonds. The van der Waals surface area contributed by atoms with E-state index in [2.05, 4.69) is 47.6 Å². The Morgan fingerprint density at radius 1 is 0.597 bits per heavy atom. The molecule has 2 fully saturated rings. The third-order valence-corrected chi connectivity index (χ3v) is 13.2.